The lowest BCUT2D eigenvalue weighted by atomic mass is 10.0. The van der Waals surface area contributed by atoms with E-state index in [1.807, 2.05) is 17.5 Å². The number of nitrogens with zero attached hydrogens (tertiary/aromatic N) is 2. The van der Waals surface area contributed by atoms with Gasteiger partial charge in [-0.2, -0.15) is 5.26 Å². The summed E-state index contributed by atoms with van der Waals surface area (Å²) in [7, 11) is -3.07. The average molecular weight is 496 g/mol. The fourth-order valence-corrected chi connectivity index (χ4v) is 4.71. The van der Waals surface area contributed by atoms with Crippen molar-refractivity contribution in [2.45, 2.75) is 11.5 Å². The number of pyridine rings is 1. The van der Waals surface area contributed by atoms with Gasteiger partial charge in [0.1, 0.15) is 18.2 Å². The molecule has 3 heterocycles. The molecule has 0 fully saturated rings. The van der Waals surface area contributed by atoms with Crippen molar-refractivity contribution in [3.05, 3.63) is 77.1 Å². The third-order valence-electron chi connectivity index (χ3n) is 4.84. The van der Waals surface area contributed by atoms with E-state index in [4.69, 9.17) is 14.3 Å². The van der Waals surface area contributed by atoms with Crippen LogP contribution in [-0.4, -0.2) is 26.5 Å². The van der Waals surface area contributed by atoms with Gasteiger partial charge in [-0.25, -0.2) is 23.3 Å². The van der Waals surface area contributed by atoms with Crippen LogP contribution in [0.3, 0.4) is 0 Å². The number of furan rings is 1. The maximum atomic E-state index is 12.0. The number of carbonyl (C=O) groups is 1. The molecule has 4 rings (SSSR count). The number of esters is 1. The predicted octanol–water partition coefficient (Wildman–Crippen LogP) is 3.95. The molecule has 0 bridgehead atoms. The molecule has 4 aromatic rings. The van der Waals surface area contributed by atoms with E-state index >= 15 is 0 Å². The zero-order valence-electron chi connectivity index (χ0n) is 17.7. The van der Waals surface area contributed by atoms with E-state index in [-0.39, 0.29) is 28.5 Å². The number of methoxy groups -OCH3 is 1. The number of sulfonamides is 1. The van der Waals surface area contributed by atoms with Crippen LogP contribution >= 0.6 is 11.3 Å². The number of ether oxygens (including phenoxy) is 2. The van der Waals surface area contributed by atoms with Crippen molar-refractivity contribution in [2.75, 3.05) is 7.11 Å². The molecule has 0 spiro atoms. The summed E-state index contributed by atoms with van der Waals surface area (Å²) in [5.41, 5.74) is 2.27. The molecule has 0 aliphatic heterocycles. The van der Waals surface area contributed by atoms with Crippen molar-refractivity contribution in [3.8, 4) is 33.6 Å². The van der Waals surface area contributed by atoms with Crippen LogP contribution in [0.15, 0.2) is 69.7 Å². The van der Waals surface area contributed by atoms with Crippen molar-refractivity contribution in [1.29, 1.82) is 5.26 Å². The van der Waals surface area contributed by atoms with Crippen LogP contribution in [-0.2, 0) is 21.4 Å². The van der Waals surface area contributed by atoms with Crippen LogP contribution in [0.2, 0.25) is 0 Å². The van der Waals surface area contributed by atoms with Crippen molar-refractivity contribution in [3.63, 3.8) is 0 Å². The normalized spacial score (nSPS) is 11.1. The average Bonchev–Trinajstić information content (AvgIpc) is 3.55. The molecule has 0 atom stereocenters. The molecule has 11 heteroatoms. The Balaban J connectivity index is 1.75. The number of aromatic nitrogens is 1. The summed E-state index contributed by atoms with van der Waals surface area (Å²) < 4.78 is 39.7. The zero-order chi connectivity index (χ0) is 24.3. The molecule has 172 valence electrons. The quantitative estimate of drug-likeness (QED) is 0.379. The Hall–Kier alpha value is -3.98. The molecular weight excluding hydrogens is 478 g/mol. The summed E-state index contributed by atoms with van der Waals surface area (Å²) in [5, 5.41) is 17.0. The number of hydrogen-bond donors (Lipinski definition) is 1. The van der Waals surface area contributed by atoms with E-state index < -0.39 is 16.0 Å². The third kappa shape index (κ3) is 4.69. The first kappa shape index (κ1) is 23.2. The van der Waals surface area contributed by atoms with Gasteiger partial charge in [0.05, 0.1) is 40.7 Å². The number of thiophene rings is 1. The van der Waals surface area contributed by atoms with Gasteiger partial charge in [0.2, 0.25) is 15.9 Å². The number of nitriles is 1. The highest BCUT2D eigenvalue weighted by atomic mass is 32.2. The lowest BCUT2D eigenvalue weighted by Gasteiger charge is -2.13. The summed E-state index contributed by atoms with van der Waals surface area (Å²) in [6.07, 6.45) is 3.02. The van der Waals surface area contributed by atoms with E-state index in [2.05, 4.69) is 15.8 Å². The van der Waals surface area contributed by atoms with E-state index in [9.17, 15) is 18.5 Å². The topological polar surface area (TPSA) is 146 Å². The molecule has 0 aliphatic carbocycles. The number of carbonyl (C=O) groups excluding carboxylic acids is 1. The maximum absolute atomic E-state index is 12.0. The van der Waals surface area contributed by atoms with Gasteiger partial charge in [-0.1, -0.05) is 12.1 Å². The molecule has 0 saturated heterocycles. The number of hydrogen-bond acceptors (Lipinski definition) is 9. The van der Waals surface area contributed by atoms with Gasteiger partial charge in [-0.3, -0.25) is 0 Å². The summed E-state index contributed by atoms with van der Waals surface area (Å²) >= 11 is 1.48. The van der Waals surface area contributed by atoms with Crippen LogP contribution in [0.4, 0.5) is 0 Å². The highest BCUT2D eigenvalue weighted by Gasteiger charge is 2.22. The Morgan fingerprint density at radius 3 is 2.71 bits per heavy atom. The number of nitrogens with two attached hydrogens (primary N) is 1. The molecule has 0 unspecified atom stereocenters. The Bertz CT molecular complexity index is 1490. The smallest absolute Gasteiger partial charge is 0.339 e. The molecule has 34 heavy (non-hydrogen) atoms. The van der Waals surface area contributed by atoms with Crippen molar-refractivity contribution >= 4 is 27.3 Å². The summed E-state index contributed by atoms with van der Waals surface area (Å²) in [6, 6.07) is 13.4. The van der Waals surface area contributed by atoms with Gasteiger partial charge in [0, 0.05) is 11.1 Å². The van der Waals surface area contributed by atoms with Gasteiger partial charge in [0.25, 0.3) is 0 Å². The molecular formula is C23H17N3O6S2. The first-order valence-electron chi connectivity index (χ1n) is 9.70. The molecule has 1 aromatic carbocycles. The van der Waals surface area contributed by atoms with E-state index in [0.717, 1.165) is 12.0 Å². The van der Waals surface area contributed by atoms with E-state index in [1.54, 1.807) is 12.1 Å². The van der Waals surface area contributed by atoms with Gasteiger partial charge < -0.3 is 13.9 Å². The number of benzene rings is 1. The SMILES string of the molecule is COC(=O)c1ccc(COc2nc(-c3cccs3)cc(-c3ccoc3)c2C#N)cc1S(N)(=O)=O. The second-order valence-electron chi connectivity index (χ2n) is 6.99. The fraction of sp³-hybridized carbons (Fsp3) is 0.0870. The Morgan fingerprint density at radius 2 is 2.09 bits per heavy atom. The van der Waals surface area contributed by atoms with Gasteiger partial charge in [0.15, 0.2) is 0 Å². The molecule has 2 N–H and O–H groups in total. The maximum Gasteiger partial charge on any atom is 0.339 e. The number of primary sulfonamides is 1. The van der Waals surface area contributed by atoms with Crippen LogP contribution < -0.4 is 9.88 Å². The third-order valence-corrected chi connectivity index (χ3v) is 6.68. The Labute approximate surface area is 199 Å². The molecule has 0 saturated carbocycles. The molecule has 9 nitrogen and oxygen atoms in total. The van der Waals surface area contributed by atoms with Gasteiger partial charge in [-0.15, -0.1) is 11.3 Å². The monoisotopic (exact) mass is 495 g/mol. The number of rotatable bonds is 7. The van der Waals surface area contributed by atoms with Crippen LogP contribution in [0.1, 0.15) is 21.5 Å². The molecule has 0 amide bonds. The highest BCUT2D eigenvalue weighted by Crippen LogP contribution is 2.35. The minimum absolute atomic E-state index is 0.0683. The minimum atomic E-state index is -4.21. The Kier molecular flexibility index (Phi) is 6.47. The zero-order valence-corrected chi connectivity index (χ0v) is 19.4. The fourth-order valence-electron chi connectivity index (χ4n) is 3.25. The lowest BCUT2D eigenvalue weighted by molar-refractivity contribution is 0.0596. The second kappa shape index (κ2) is 9.48. The van der Waals surface area contributed by atoms with Crippen molar-refractivity contribution in [1.82, 2.24) is 4.98 Å². The van der Waals surface area contributed by atoms with E-state index in [1.165, 1.54) is 42.1 Å². The van der Waals surface area contributed by atoms with E-state index in [0.29, 0.717) is 22.4 Å². The van der Waals surface area contributed by atoms with Crippen LogP contribution in [0.25, 0.3) is 21.7 Å². The standard InChI is InChI=1S/C23H17N3O6S2/c1-30-23(27)16-5-4-14(9-21(16)34(25,28)29)12-32-22-18(11-24)17(15-6-7-31-13-15)10-19(26-22)20-3-2-8-33-20/h2-10,13H,12H2,1H3,(H2,25,28,29). The lowest BCUT2D eigenvalue weighted by Crippen LogP contribution is -2.18. The first-order valence-corrected chi connectivity index (χ1v) is 12.1. The largest absolute Gasteiger partial charge is 0.472 e. The highest BCUT2D eigenvalue weighted by molar-refractivity contribution is 7.89. The minimum Gasteiger partial charge on any atom is -0.472 e. The van der Waals surface area contributed by atoms with Crippen LogP contribution in [0.5, 0.6) is 5.88 Å². The van der Waals surface area contributed by atoms with Crippen molar-refractivity contribution < 1.29 is 27.1 Å². The predicted molar refractivity (Wildman–Crippen MR) is 123 cm³/mol. The summed E-state index contributed by atoms with van der Waals surface area (Å²) in [5.74, 6) is -0.767. The van der Waals surface area contributed by atoms with Gasteiger partial charge in [-0.05, 0) is 41.3 Å². The summed E-state index contributed by atoms with van der Waals surface area (Å²) in [6.45, 7) is -0.135. The summed E-state index contributed by atoms with van der Waals surface area (Å²) in [4.78, 5) is 16.9. The molecule has 0 aliphatic rings. The van der Waals surface area contributed by atoms with Gasteiger partial charge >= 0.3 is 5.97 Å². The van der Waals surface area contributed by atoms with Crippen LogP contribution in [0, 0.1) is 11.3 Å². The molecule has 3 aromatic heterocycles. The molecule has 0 radical (unpaired) electrons. The van der Waals surface area contributed by atoms with Crippen molar-refractivity contribution in [2.24, 2.45) is 5.14 Å². The second-order valence-corrected chi connectivity index (χ2v) is 9.47. The first-order chi connectivity index (χ1) is 16.3. The Morgan fingerprint density at radius 1 is 1.26 bits per heavy atom.